The average molecular weight is 308 g/mol. The summed E-state index contributed by atoms with van der Waals surface area (Å²) in [5.74, 6) is 1.95. The molecule has 1 heterocycles. The highest BCUT2D eigenvalue weighted by Crippen LogP contribution is 2.27. The van der Waals surface area contributed by atoms with E-state index in [1.165, 1.54) is 18.4 Å². The van der Waals surface area contributed by atoms with Crippen molar-refractivity contribution in [3.63, 3.8) is 0 Å². The Morgan fingerprint density at radius 1 is 1.52 bits per heavy atom. The lowest BCUT2D eigenvalue weighted by molar-refractivity contribution is 0.318. The minimum Gasteiger partial charge on any atom is -0.409 e. The Labute approximate surface area is 130 Å². The number of anilines is 1. The minimum absolute atomic E-state index is 0.133. The van der Waals surface area contributed by atoms with Gasteiger partial charge in [0.05, 0.1) is 5.56 Å². The van der Waals surface area contributed by atoms with Gasteiger partial charge in [0.1, 0.15) is 5.82 Å². The van der Waals surface area contributed by atoms with E-state index in [9.17, 15) is 0 Å². The molecular weight excluding hydrogens is 284 g/mol. The molecule has 116 valence electrons. The van der Waals surface area contributed by atoms with E-state index in [4.69, 9.17) is 15.9 Å². The third kappa shape index (κ3) is 3.43. The van der Waals surface area contributed by atoms with Crippen LogP contribution in [0.25, 0.3) is 0 Å². The van der Waals surface area contributed by atoms with Gasteiger partial charge in [-0.3, -0.25) is 0 Å². The van der Waals surface area contributed by atoms with Crippen LogP contribution in [-0.4, -0.2) is 41.1 Å². The number of aromatic nitrogens is 1. The molecule has 0 amide bonds. The summed E-state index contributed by atoms with van der Waals surface area (Å²) in [5, 5.41) is 12.2. The highest BCUT2D eigenvalue weighted by molar-refractivity contribution is 7.98. The van der Waals surface area contributed by atoms with Gasteiger partial charge in [-0.1, -0.05) is 5.16 Å². The fraction of sp³-hybridized carbons (Fsp3) is 0.600. The maximum absolute atomic E-state index is 9.05. The first kappa shape index (κ1) is 15.9. The van der Waals surface area contributed by atoms with Crippen molar-refractivity contribution < 1.29 is 5.21 Å². The van der Waals surface area contributed by atoms with Crippen LogP contribution in [0, 0.1) is 0 Å². The van der Waals surface area contributed by atoms with Gasteiger partial charge in [-0.15, -0.1) is 0 Å². The van der Waals surface area contributed by atoms with Gasteiger partial charge in [0.2, 0.25) is 0 Å². The Balaban J connectivity index is 2.46. The molecule has 1 atom stereocenters. The molecule has 0 saturated carbocycles. The smallest absolute Gasteiger partial charge is 0.173 e. The van der Waals surface area contributed by atoms with Crippen LogP contribution >= 0.6 is 11.8 Å². The van der Waals surface area contributed by atoms with E-state index < -0.39 is 0 Å². The van der Waals surface area contributed by atoms with E-state index in [0.717, 1.165) is 35.7 Å². The zero-order valence-electron chi connectivity index (χ0n) is 13.0. The zero-order chi connectivity index (χ0) is 15.4. The molecule has 0 fully saturated rings. The van der Waals surface area contributed by atoms with Crippen molar-refractivity contribution in [2.75, 3.05) is 24.0 Å². The largest absolute Gasteiger partial charge is 0.409 e. The first-order valence-corrected chi connectivity index (χ1v) is 8.70. The van der Waals surface area contributed by atoms with Crippen molar-refractivity contribution in [3.05, 3.63) is 22.9 Å². The number of thioether (sulfide) groups is 1. The van der Waals surface area contributed by atoms with Crippen LogP contribution in [0.3, 0.4) is 0 Å². The van der Waals surface area contributed by atoms with Crippen LogP contribution in [0.5, 0.6) is 0 Å². The van der Waals surface area contributed by atoms with Crippen molar-refractivity contribution in [2.45, 2.75) is 38.6 Å². The number of fused-ring (bicyclic) bond motifs is 1. The second kappa shape index (κ2) is 7.02. The lowest BCUT2D eigenvalue weighted by Crippen LogP contribution is -2.34. The Morgan fingerprint density at radius 2 is 2.24 bits per heavy atom. The molecule has 0 radical (unpaired) electrons. The topological polar surface area (TPSA) is 74.7 Å². The fourth-order valence-electron chi connectivity index (χ4n) is 2.70. The van der Waals surface area contributed by atoms with Crippen LogP contribution in [0.15, 0.2) is 11.2 Å². The number of hydrogen-bond acceptors (Lipinski definition) is 5. The van der Waals surface area contributed by atoms with Gasteiger partial charge in [-0.25, -0.2) is 4.98 Å². The summed E-state index contributed by atoms with van der Waals surface area (Å²) in [4.78, 5) is 6.95. The maximum Gasteiger partial charge on any atom is 0.173 e. The zero-order valence-corrected chi connectivity index (χ0v) is 13.8. The molecule has 0 saturated heterocycles. The maximum atomic E-state index is 9.05. The van der Waals surface area contributed by atoms with Crippen LogP contribution in [0.2, 0.25) is 0 Å². The van der Waals surface area contributed by atoms with Crippen molar-refractivity contribution in [2.24, 2.45) is 10.9 Å². The first-order chi connectivity index (χ1) is 10.1. The van der Waals surface area contributed by atoms with Crippen molar-refractivity contribution in [3.8, 4) is 0 Å². The highest BCUT2D eigenvalue weighted by atomic mass is 32.2. The number of aryl methyl sites for hydroxylation is 2. The average Bonchev–Trinajstić information content (AvgIpc) is 2.52. The third-order valence-corrected chi connectivity index (χ3v) is 4.88. The summed E-state index contributed by atoms with van der Waals surface area (Å²) in [5.41, 5.74) is 8.99. The molecule has 6 heteroatoms. The fourth-order valence-corrected chi connectivity index (χ4v) is 3.40. The van der Waals surface area contributed by atoms with Crippen molar-refractivity contribution in [1.82, 2.24) is 4.98 Å². The number of oxime groups is 1. The van der Waals surface area contributed by atoms with E-state index in [1.54, 1.807) is 11.8 Å². The standard InChI is InChI=1S/C15H24N4OS/c1-10(9-21-3)19(2)15-12(14(16)18-20)8-11-6-4-5-7-13(11)17-15/h8,10,20H,4-7,9H2,1-3H3,(H2,16,18). The molecule has 21 heavy (non-hydrogen) atoms. The highest BCUT2D eigenvalue weighted by Gasteiger charge is 2.21. The van der Waals surface area contributed by atoms with Gasteiger partial charge < -0.3 is 15.8 Å². The molecule has 2 rings (SSSR count). The molecule has 0 aliphatic heterocycles. The summed E-state index contributed by atoms with van der Waals surface area (Å²) in [6.07, 6.45) is 6.51. The van der Waals surface area contributed by atoms with E-state index >= 15 is 0 Å². The first-order valence-electron chi connectivity index (χ1n) is 7.31. The molecule has 1 unspecified atom stereocenters. The summed E-state index contributed by atoms with van der Waals surface area (Å²) >= 11 is 1.80. The summed E-state index contributed by atoms with van der Waals surface area (Å²) in [6, 6.07) is 2.38. The summed E-state index contributed by atoms with van der Waals surface area (Å²) in [6.45, 7) is 2.16. The van der Waals surface area contributed by atoms with Gasteiger partial charge in [0, 0.05) is 24.5 Å². The number of amidine groups is 1. The van der Waals surface area contributed by atoms with E-state index in [0.29, 0.717) is 6.04 Å². The van der Waals surface area contributed by atoms with Crippen molar-refractivity contribution >= 4 is 23.4 Å². The van der Waals surface area contributed by atoms with Gasteiger partial charge >= 0.3 is 0 Å². The van der Waals surface area contributed by atoms with Gasteiger partial charge in [-0.2, -0.15) is 11.8 Å². The molecule has 0 spiro atoms. The number of rotatable bonds is 5. The number of hydrogen-bond donors (Lipinski definition) is 2. The summed E-state index contributed by atoms with van der Waals surface area (Å²) in [7, 11) is 2.02. The number of nitrogens with two attached hydrogens (primary N) is 1. The minimum atomic E-state index is 0.133. The second-order valence-electron chi connectivity index (χ2n) is 5.57. The predicted molar refractivity (Wildman–Crippen MR) is 89.6 cm³/mol. The SMILES string of the molecule is CSCC(C)N(C)c1nc2c(cc1C(N)=NO)CCCC2. The van der Waals surface area contributed by atoms with E-state index in [2.05, 4.69) is 23.2 Å². The number of nitrogens with zero attached hydrogens (tertiary/aromatic N) is 3. The van der Waals surface area contributed by atoms with Crippen LogP contribution in [-0.2, 0) is 12.8 Å². The molecule has 1 aromatic heterocycles. The molecule has 1 aliphatic rings. The van der Waals surface area contributed by atoms with E-state index in [-0.39, 0.29) is 5.84 Å². The monoisotopic (exact) mass is 308 g/mol. The van der Waals surface area contributed by atoms with Crippen LogP contribution in [0.4, 0.5) is 5.82 Å². The normalized spacial score (nSPS) is 16.4. The molecule has 3 N–H and O–H groups in total. The molecule has 5 nitrogen and oxygen atoms in total. The van der Waals surface area contributed by atoms with Crippen LogP contribution in [0.1, 0.15) is 36.6 Å². The van der Waals surface area contributed by atoms with Crippen molar-refractivity contribution in [1.29, 1.82) is 0 Å². The Kier molecular flexibility index (Phi) is 5.33. The lowest BCUT2D eigenvalue weighted by Gasteiger charge is -2.29. The summed E-state index contributed by atoms with van der Waals surface area (Å²) < 4.78 is 0. The van der Waals surface area contributed by atoms with Gasteiger partial charge in [0.25, 0.3) is 0 Å². The Morgan fingerprint density at radius 3 is 2.90 bits per heavy atom. The Bertz CT molecular complexity index is 533. The molecule has 0 aromatic carbocycles. The number of pyridine rings is 1. The van der Waals surface area contributed by atoms with Gasteiger partial charge in [-0.05, 0) is 50.5 Å². The lowest BCUT2D eigenvalue weighted by atomic mass is 9.94. The van der Waals surface area contributed by atoms with Gasteiger partial charge in [0.15, 0.2) is 5.84 Å². The second-order valence-corrected chi connectivity index (χ2v) is 6.48. The van der Waals surface area contributed by atoms with E-state index in [1.807, 2.05) is 13.1 Å². The quantitative estimate of drug-likeness (QED) is 0.378. The van der Waals surface area contributed by atoms with Crippen LogP contribution < -0.4 is 10.6 Å². The molecule has 0 bridgehead atoms. The molecular formula is C15H24N4OS. The third-order valence-electron chi connectivity index (χ3n) is 4.07. The predicted octanol–water partition coefficient (Wildman–Crippen LogP) is 2.24. The molecule has 1 aliphatic carbocycles. The Hall–Kier alpha value is -1.43. The molecule has 1 aromatic rings.